The SMILES string of the molecule is Cc1cc(C)cc(Cc2noc(C(CN)C(C)C)n2)c1. The molecule has 0 saturated carbocycles. The highest BCUT2D eigenvalue weighted by molar-refractivity contribution is 5.30. The van der Waals surface area contributed by atoms with Gasteiger partial charge >= 0.3 is 0 Å². The first-order valence-electron chi connectivity index (χ1n) is 7.09. The molecule has 0 aliphatic carbocycles. The van der Waals surface area contributed by atoms with Crippen LogP contribution in [0, 0.1) is 19.8 Å². The normalized spacial score (nSPS) is 12.9. The monoisotopic (exact) mass is 273 g/mol. The quantitative estimate of drug-likeness (QED) is 0.909. The Morgan fingerprint density at radius 2 is 1.80 bits per heavy atom. The lowest BCUT2D eigenvalue weighted by atomic mass is 9.96. The van der Waals surface area contributed by atoms with E-state index >= 15 is 0 Å². The van der Waals surface area contributed by atoms with Crippen LogP contribution in [0.25, 0.3) is 0 Å². The summed E-state index contributed by atoms with van der Waals surface area (Å²) in [4.78, 5) is 4.50. The van der Waals surface area contributed by atoms with Gasteiger partial charge in [-0.05, 0) is 25.3 Å². The van der Waals surface area contributed by atoms with E-state index in [2.05, 4.69) is 56.0 Å². The maximum atomic E-state index is 5.78. The Kier molecular flexibility index (Phi) is 4.55. The number of benzene rings is 1. The minimum absolute atomic E-state index is 0.135. The molecule has 0 saturated heterocycles. The van der Waals surface area contributed by atoms with Crippen LogP contribution in [-0.2, 0) is 6.42 Å². The van der Waals surface area contributed by atoms with Crippen LogP contribution in [0.5, 0.6) is 0 Å². The van der Waals surface area contributed by atoms with Crippen molar-refractivity contribution in [1.29, 1.82) is 0 Å². The Balaban J connectivity index is 2.17. The lowest BCUT2D eigenvalue weighted by molar-refractivity contribution is 0.322. The summed E-state index contributed by atoms with van der Waals surface area (Å²) in [7, 11) is 0. The number of nitrogens with two attached hydrogens (primary N) is 1. The van der Waals surface area contributed by atoms with Gasteiger partial charge in [0.2, 0.25) is 5.89 Å². The van der Waals surface area contributed by atoms with E-state index in [0.29, 0.717) is 24.8 Å². The molecular weight excluding hydrogens is 250 g/mol. The van der Waals surface area contributed by atoms with Gasteiger partial charge in [-0.2, -0.15) is 4.98 Å². The first kappa shape index (κ1) is 14.7. The topological polar surface area (TPSA) is 64.9 Å². The number of nitrogens with zero attached hydrogens (tertiary/aromatic N) is 2. The van der Waals surface area contributed by atoms with Gasteiger partial charge < -0.3 is 10.3 Å². The predicted octanol–water partition coefficient (Wildman–Crippen LogP) is 2.98. The van der Waals surface area contributed by atoms with Crippen molar-refractivity contribution in [3.05, 3.63) is 46.6 Å². The second-order valence-electron chi connectivity index (χ2n) is 5.81. The molecule has 1 aromatic carbocycles. The van der Waals surface area contributed by atoms with E-state index in [-0.39, 0.29) is 5.92 Å². The molecule has 0 spiro atoms. The Morgan fingerprint density at radius 3 is 2.35 bits per heavy atom. The summed E-state index contributed by atoms with van der Waals surface area (Å²) >= 11 is 0. The summed E-state index contributed by atoms with van der Waals surface area (Å²) < 4.78 is 5.37. The lowest BCUT2D eigenvalue weighted by Crippen LogP contribution is -2.18. The molecule has 108 valence electrons. The Bertz CT molecular complexity index is 555. The fourth-order valence-corrected chi connectivity index (χ4v) is 2.50. The van der Waals surface area contributed by atoms with Crippen molar-refractivity contribution < 1.29 is 4.52 Å². The van der Waals surface area contributed by atoms with E-state index in [1.165, 1.54) is 16.7 Å². The third-order valence-electron chi connectivity index (χ3n) is 3.50. The van der Waals surface area contributed by atoms with Gasteiger partial charge in [-0.3, -0.25) is 0 Å². The summed E-state index contributed by atoms with van der Waals surface area (Å²) in [5.41, 5.74) is 9.50. The average Bonchev–Trinajstić information content (AvgIpc) is 2.76. The minimum atomic E-state index is 0.135. The van der Waals surface area contributed by atoms with Gasteiger partial charge in [-0.25, -0.2) is 0 Å². The van der Waals surface area contributed by atoms with Gasteiger partial charge in [0.05, 0.1) is 5.92 Å². The van der Waals surface area contributed by atoms with Gasteiger partial charge in [0.1, 0.15) is 0 Å². The molecule has 1 aromatic heterocycles. The van der Waals surface area contributed by atoms with Gasteiger partial charge in [0.25, 0.3) is 0 Å². The number of aryl methyl sites for hydroxylation is 2. The second-order valence-corrected chi connectivity index (χ2v) is 5.81. The van der Waals surface area contributed by atoms with Crippen LogP contribution in [0.3, 0.4) is 0 Å². The first-order valence-corrected chi connectivity index (χ1v) is 7.09. The number of aromatic nitrogens is 2. The Labute approximate surface area is 120 Å². The van der Waals surface area contributed by atoms with Crippen LogP contribution in [0.15, 0.2) is 22.7 Å². The van der Waals surface area contributed by atoms with Crippen LogP contribution in [0.1, 0.15) is 48.2 Å². The largest absolute Gasteiger partial charge is 0.339 e. The highest BCUT2D eigenvalue weighted by Gasteiger charge is 2.21. The van der Waals surface area contributed by atoms with Crippen LogP contribution >= 0.6 is 0 Å². The van der Waals surface area contributed by atoms with E-state index in [4.69, 9.17) is 10.3 Å². The van der Waals surface area contributed by atoms with Crippen molar-refractivity contribution in [1.82, 2.24) is 10.1 Å². The zero-order valence-electron chi connectivity index (χ0n) is 12.7. The molecule has 4 nitrogen and oxygen atoms in total. The van der Waals surface area contributed by atoms with Crippen molar-refractivity contribution >= 4 is 0 Å². The lowest BCUT2D eigenvalue weighted by Gasteiger charge is -2.13. The zero-order valence-corrected chi connectivity index (χ0v) is 12.7. The van der Waals surface area contributed by atoms with Gasteiger partial charge in [-0.1, -0.05) is 48.3 Å². The number of rotatable bonds is 5. The number of hydrogen-bond donors (Lipinski definition) is 1. The maximum Gasteiger partial charge on any atom is 0.231 e. The van der Waals surface area contributed by atoms with Gasteiger partial charge in [0, 0.05) is 13.0 Å². The third-order valence-corrected chi connectivity index (χ3v) is 3.50. The van der Waals surface area contributed by atoms with Crippen LogP contribution in [-0.4, -0.2) is 16.7 Å². The fourth-order valence-electron chi connectivity index (χ4n) is 2.50. The van der Waals surface area contributed by atoms with E-state index < -0.39 is 0 Å². The molecule has 4 heteroatoms. The summed E-state index contributed by atoms with van der Waals surface area (Å²) in [6, 6.07) is 6.48. The average molecular weight is 273 g/mol. The molecule has 1 unspecified atom stereocenters. The van der Waals surface area contributed by atoms with Crippen LogP contribution in [0.4, 0.5) is 0 Å². The maximum absolute atomic E-state index is 5.78. The first-order chi connectivity index (χ1) is 9.49. The molecule has 0 amide bonds. The minimum Gasteiger partial charge on any atom is -0.339 e. The molecule has 2 rings (SSSR count). The van der Waals surface area contributed by atoms with E-state index in [1.54, 1.807) is 0 Å². The van der Waals surface area contributed by atoms with Crippen molar-refractivity contribution in [3.63, 3.8) is 0 Å². The summed E-state index contributed by atoms with van der Waals surface area (Å²) in [5, 5.41) is 4.08. The highest BCUT2D eigenvalue weighted by atomic mass is 16.5. The molecule has 0 aliphatic heterocycles. The molecule has 0 aliphatic rings. The Hall–Kier alpha value is -1.68. The van der Waals surface area contributed by atoms with Crippen LogP contribution in [0.2, 0.25) is 0 Å². The fraction of sp³-hybridized carbons (Fsp3) is 0.500. The molecule has 2 aromatic rings. The molecular formula is C16H23N3O. The third kappa shape index (κ3) is 3.45. The molecule has 1 atom stereocenters. The van der Waals surface area contributed by atoms with Gasteiger partial charge in [-0.15, -0.1) is 0 Å². The molecule has 0 bridgehead atoms. The Morgan fingerprint density at radius 1 is 1.15 bits per heavy atom. The summed E-state index contributed by atoms with van der Waals surface area (Å²) in [5.74, 6) is 1.91. The van der Waals surface area contributed by atoms with E-state index in [9.17, 15) is 0 Å². The number of hydrogen-bond acceptors (Lipinski definition) is 4. The van der Waals surface area contributed by atoms with Crippen molar-refractivity contribution in [2.24, 2.45) is 11.7 Å². The molecule has 0 fully saturated rings. The summed E-state index contributed by atoms with van der Waals surface area (Å²) in [6.45, 7) is 8.96. The van der Waals surface area contributed by atoms with Crippen molar-refractivity contribution in [3.8, 4) is 0 Å². The van der Waals surface area contributed by atoms with Crippen LogP contribution < -0.4 is 5.73 Å². The standard InChI is InChI=1S/C16H23N3O/c1-10(2)14(9-17)16-18-15(19-20-16)8-13-6-11(3)5-12(4)7-13/h5-7,10,14H,8-9,17H2,1-4H3. The van der Waals surface area contributed by atoms with Crippen molar-refractivity contribution in [2.45, 2.75) is 40.0 Å². The smallest absolute Gasteiger partial charge is 0.231 e. The summed E-state index contributed by atoms with van der Waals surface area (Å²) in [6.07, 6.45) is 0.696. The zero-order chi connectivity index (χ0) is 14.7. The predicted molar refractivity (Wildman–Crippen MR) is 79.7 cm³/mol. The molecule has 1 heterocycles. The van der Waals surface area contributed by atoms with Crippen molar-refractivity contribution in [2.75, 3.05) is 6.54 Å². The highest BCUT2D eigenvalue weighted by Crippen LogP contribution is 2.22. The van der Waals surface area contributed by atoms with E-state index in [1.807, 2.05) is 0 Å². The molecule has 0 radical (unpaired) electrons. The van der Waals surface area contributed by atoms with Gasteiger partial charge in [0.15, 0.2) is 5.82 Å². The van der Waals surface area contributed by atoms with E-state index in [0.717, 1.165) is 5.82 Å². The molecule has 20 heavy (non-hydrogen) atoms. The molecule has 2 N–H and O–H groups in total. The second kappa shape index (κ2) is 6.18.